The summed E-state index contributed by atoms with van der Waals surface area (Å²) in [4.78, 5) is 25.4. The first-order chi connectivity index (χ1) is 9.22. The molecule has 0 bridgehead atoms. The summed E-state index contributed by atoms with van der Waals surface area (Å²) in [5.74, 6) is 1.51. The third kappa shape index (κ3) is 3.75. The molecule has 5 heteroatoms. The second-order valence-electron chi connectivity index (χ2n) is 5.01. The van der Waals surface area contributed by atoms with Gasteiger partial charge in [-0.15, -0.1) is 11.8 Å². The number of amides is 1. The van der Waals surface area contributed by atoms with E-state index in [4.69, 9.17) is 4.74 Å². The van der Waals surface area contributed by atoms with Gasteiger partial charge in [0.25, 0.3) is 0 Å². The highest BCUT2D eigenvalue weighted by atomic mass is 32.2. The molecule has 1 aliphatic carbocycles. The number of ether oxygens (including phenoxy) is 1. The summed E-state index contributed by atoms with van der Waals surface area (Å²) in [5.41, 5.74) is 0. The normalized spacial score (nSPS) is 26.5. The Morgan fingerprint density at radius 2 is 2.26 bits per heavy atom. The van der Waals surface area contributed by atoms with Crippen molar-refractivity contribution in [2.24, 2.45) is 5.92 Å². The van der Waals surface area contributed by atoms with Gasteiger partial charge in [-0.25, -0.2) is 4.79 Å². The minimum absolute atomic E-state index is 0.0348. The molecule has 0 N–H and O–H groups in total. The van der Waals surface area contributed by atoms with Crippen LogP contribution in [0.2, 0.25) is 0 Å². The van der Waals surface area contributed by atoms with Crippen LogP contribution in [0.5, 0.6) is 0 Å². The van der Waals surface area contributed by atoms with Gasteiger partial charge >= 0.3 is 5.97 Å². The molecule has 1 saturated heterocycles. The summed E-state index contributed by atoms with van der Waals surface area (Å²) in [6.07, 6.45) is 7.92. The molecule has 0 saturated carbocycles. The van der Waals surface area contributed by atoms with Crippen molar-refractivity contribution < 1.29 is 14.3 Å². The van der Waals surface area contributed by atoms with E-state index >= 15 is 0 Å². The van der Waals surface area contributed by atoms with Gasteiger partial charge in [0.2, 0.25) is 5.91 Å². The van der Waals surface area contributed by atoms with Gasteiger partial charge in [-0.1, -0.05) is 19.1 Å². The van der Waals surface area contributed by atoms with Crippen molar-refractivity contribution >= 4 is 23.6 Å². The van der Waals surface area contributed by atoms with Crippen LogP contribution in [0.15, 0.2) is 12.2 Å². The number of carbonyl (C=O) groups is 2. The van der Waals surface area contributed by atoms with Crippen LogP contribution >= 0.6 is 11.8 Å². The summed E-state index contributed by atoms with van der Waals surface area (Å²) < 4.78 is 5.41. The van der Waals surface area contributed by atoms with Crippen molar-refractivity contribution in [3.63, 3.8) is 0 Å². The summed E-state index contributed by atoms with van der Waals surface area (Å²) in [6, 6.07) is -0.378. The SMILES string of the molecule is CCC(=O)N1CSCC1C(=O)OCC1CC=CCC1. The fourth-order valence-corrected chi connectivity index (χ4v) is 3.56. The molecule has 19 heavy (non-hydrogen) atoms. The van der Waals surface area contributed by atoms with E-state index in [0.29, 0.717) is 30.6 Å². The first-order valence-electron chi connectivity index (χ1n) is 6.91. The lowest BCUT2D eigenvalue weighted by atomic mass is 9.95. The second-order valence-corrected chi connectivity index (χ2v) is 6.01. The quantitative estimate of drug-likeness (QED) is 0.586. The Labute approximate surface area is 118 Å². The lowest BCUT2D eigenvalue weighted by molar-refractivity contribution is -0.154. The van der Waals surface area contributed by atoms with Gasteiger partial charge in [0.15, 0.2) is 0 Å². The second kappa shape index (κ2) is 6.98. The van der Waals surface area contributed by atoms with Gasteiger partial charge in [-0.05, 0) is 25.2 Å². The van der Waals surface area contributed by atoms with Crippen molar-refractivity contribution in [3.05, 3.63) is 12.2 Å². The third-order valence-electron chi connectivity index (χ3n) is 3.62. The largest absolute Gasteiger partial charge is 0.464 e. The van der Waals surface area contributed by atoms with E-state index in [0.717, 1.165) is 19.3 Å². The number of thioether (sulfide) groups is 1. The molecule has 1 heterocycles. The van der Waals surface area contributed by atoms with Gasteiger partial charge in [0.05, 0.1) is 12.5 Å². The van der Waals surface area contributed by atoms with E-state index < -0.39 is 0 Å². The number of allylic oxidation sites excluding steroid dienone is 2. The molecule has 1 fully saturated rings. The van der Waals surface area contributed by atoms with Gasteiger partial charge in [-0.2, -0.15) is 0 Å². The zero-order valence-electron chi connectivity index (χ0n) is 11.3. The fraction of sp³-hybridized carbons (Fsp3) is 0.714. The first kappa shape index (κ1) is 14.4. The first-order valence-corrected chi connectivity index (χ1v) is 8.06. The van der Waals surface area contributed by atoms with Crippen LogP contribution in [0.3, 0.4) is 0 Å². The van der Waals surface area contributed by atoms with E-state index in [1.807, 2.05) is 6.92 Å². The Balaban J connectivity index is 1.81. The highest BCUT2D eigenvalue weighted by Gasteiger charge is 2.35. The molecule has 2 unspecified atom stereocenters. The summed E-state index contributed by atoms with van der Waals surface area (Å²) in [6.45, 7) is 2.31. The summed E-state index contributed by atoms with van der Waals surface area (Å²) >= 11 is 1.62. The minimum atomic E-state index is -0.378. The number of hydrogen-bond donors (Lipinski definition) is 0. The summed E-state index contributed by atoms with van der Waals surface area (Å²) in [5, 5.41) is 0. The van der Waals surface area contributed by atoms with Crippen LogP contribution in [0, 0.1) is 5.92 Å². The van der Waals surface area contributed by atoms with Crippen LogP contribution in [0.25, 0.3) is 0 Å². The van der Waals surface area contributed by atoms with Crippen LogP contribution in [0.1, 0.15) is 32.6 Å². The molecule has 2 aliphatic rings. The maximum absolute atomic E-state index is 12.1. The molecule has 0 aromatic carbocycles. The van der Waals surface area contributed by atoms with Crippen LogP contribution in [-0.4, -0.2) is 41.1 Å². The molecule has 0 spiro atoms. The van der Waals surface area contributed by atoms with E-state index in [1.165, 1.54) is 0 Å². The summed E-state index contributed by atoms with van der Waals surface area (Å²) in [7, 11) is 0. The molecule has 2 atom stereocenters. The Kier molecular flexibility index (Phi) is 5.31. The maximum atomic E-state index is 12.1. The predicted octanol–water partition coefficient (Wildman–Crippen LogP) is 2.20. The predicted molar refractivity (Wildman–Crippen MR) is 75.7 cm³/mol. The van der Waals surface area contributed by atoms with Gasteiger partial charge in [0.1, 0.15) is 6.04 Å². The Bertz CT molecular complexity index is 370. The minimum Gasteiger partial charge on any atom is -0.464 e. The van der Waals surface area contributed by atoms with E-state index in [9.17, 15) is 9.59 Å². The van der Waals surface area contributed by atoms with Crippen LogP contribution in [-0.2, 0) is 14.3 Å². The Morgan fingerprint density at radius 3 is 2.95 bits per heavy atom. The smallest absolute Gasteiger partial charge is 0.329 e. The molecule has 1 amide bonds. The number of nitrogens with zero attached hydrogens (tertiary/aromatic N) is 1. The molecule has 4 nitrogen and oxygen atoms in total. The zero-order chi connectivity index (χ0) is 13.7. The standard InChI is InChI=1S/C14H21NO3S/c1-2-13(16)15-10-19-9-12(15)14(17)18-8-11-6-4-3-5-7-11/h3-4,11-12H,2,5-10H2,1H3. The van der Waals surface area contributed by atoms with Crippen LogP contribution in [0.4, 0.5) is 0 Å². The van der Waals surface area contributed by atoms with E-state index in [2.05, 4.69) is 12.2 Å². The maximum Gasteiger partial charge on any atom is 0.329 e. The number of rotatable bonds is 4. The monoisotopic (exact) mass is 283 g/mol. The molecular formula is C14H21NO3S. The molecular weight excluding hydrogens is 262 g/mol. The highest BCUT2D eigenvalue weighted by molar-refractivity contribution is 7.99. The van der Waals surface area contributed by atoms with Crippen molar-refractivity contribution in [1.82, 2.24) is 4.90 Å². The van der Waals surface area contributed by atoms with Gasteiger partial charge in [-0.3, -0.25) is 4.79 Å². The van der Waals surface area contributed by atoms with Crippen molar-refractivity contribution in [2.75, 3.05) is 18.2 Å². The van der Waals surface area contributed by atoms with E-state index in [-0.39, 0.29) is 17.9 Å². The average molecular weight is 283 g/mol. The molecule has 0 aromatic rings. The molecule has 0 radical (unpaired) electrons. The molecule has 1 aliphatic heterocycles. The average Bonchev–Trinajstić information content (AvgIpc) is 2.94. The van der Waals surface area contributed by atoms with Crippen molar-refractivity contribution in [3.8, 4) is 0 Å². The number of hydrogen-bond acceptors (Lipinski definition) is 4. The number of carbonyl (C=O) groups excluding carboxylic acids is 2. The topological polar surface area (TPSA) is 46.6 Å². The Hall–Kier alpha value is -0.970. The Morgan fingerprint density at radius 1 is 1.42 bits per heavy atom. The van der Waals surface area contributed by atoms with Crippen molar-refractivity contribution in [2.45, 2.75) is 38.6 Å². The van der Waals surface area contributed by atoms with Gasteiger partial charge in [0, 0.05) is 12.2 Å². The van der Waals surface area contributed by atoms with Crippen molar-refractivity contribution in [1.29, 1.82) is 0 Å². The number of esters is 1. The fourth-order valence-electron chi connectivity index (χ4n) is 2.39. The van der Waals surface area contributed by atoms with Gasteiger partial charge < -0.3 is 9.64 Å². The lowest BCUT2D eigenvalue weighted by Crippen LogP contribution is -2.42. The van der Waals surface area contributed by atoms with Crippen LogP contribution < -0.4 is 0 Å². The molecule has 106 valence electrons. The third-order valence-corrected chi connectivity index (χ3v) is 4.63. The molecule has 2 rings (SSSR count). The highest BCUT2D eigenvalue weighted by Crippen LogP contribution is 2.24. The molecule has 0 aromatic heterocycles. The van der Waals surface area contributed by atoms with E-state index in [1.54, 1.807) is 16.7 Å². The zero-order valence-corrected chi connectivity index (χ0v) is 12.2. The lowest BCUT2D eigenvalue weighted by Gasteiger charge is -2.23.